The fourth-order valence-corrected chi connectivity index (χ4v) is 0.682. The minimum atomic E-state index is 0.0734. The van der Waals surface area contributed by atoms with Crippen LogP contribution in [0.25, 0.3) is 0 Å². The molecule has 0 atom stereocenters. The van der Waals surface area contributed by atoms with Crippen molar-refractivity contribution in [1.82, 2.24) is 5.06 Å². The zero-order valence-corrected chi connectivity index (χ0v) is 6.36. The zero-order chi connectivity index (χ0) is 8.10. The summed E-state index contributed by atoms with van der Waals surface area (Å²) in [5.74, 6) is 0.718. The molecule has 1 aromatic rings. The van der Waals surface area contributed by atoms with Crippen molar-refractivity contribution in [1.29, 1.82) is 0 Å². The van der Waals surface area contributed by atoms with Crippen molar-refractivity contribution in [2.45, 2.75) is 0 Å². The van der Waals surface area contributed by atoms with Gasteiger partial charge in [0.05, 0.1) is 0 Å². The Morgan fingerprint density at radius 2 is 2.00 bits per heavy atom. The van der Waals surface area contributed by atoms with Crippen LogP contribution in [0.15, 0.2) is 30.3 Å². The zero-order valence-electron chi connectivity index (χ0n) is 6.36. The Bertz CT molecular complexity index is 199. The highest BCUT2D eigenvalue weighted by molar-refractivity contribution is 5.20. The van der Waals surface area contributed by atoms with Crippen LogP contribution in [0.1, 0.15) is 0 Å². The number of nitrogens with zero attached hydrogens (tertiary/aromatic N) is 1. The normalized spacial score (nSPS) is 10.1. The van der Waals surface area contributed by atoms with Crippen LogP contribution in [0.5, 0.6) is 5.75 Å². The molecule has 60 valence electrons. The van der Waals surface area contributed by atoms with Gasteiger partial charge >= 0.3 is 0 Å². The van der Waals surface area contributed by atoms with E-state index in [1.54, 1.807) is 0 Å². The van der Waals surface area contributed by atoms with E-state index < -0.39 is 0 Å². The van der Waals surface area contributed by atoms with Crippen LogP contribution in [0, 0.1) is 5.21 Å². The minimum Gasteiger partial charge on any atom is -0.783 e. The molecule has 0 aliphatic carbocycles. The van der Waals surface area contributed by atoms with Gasteiger partial charge in [-0.2, -0.15) is 0 Å². The van der Waals surface area contributed by atoms with Gasteiger partial charge in [-0.3, -0.25) is 0 Å². The molecular weight excluding hydrogens is 142 g/mol. The van der Waals surface area contributed by atoms with E-state index in [1.165, 1.54) is 7.05 Å². The van der Waals surface area contributed by atoms with Gasteiger partial charge in [0, 0.05) is 0 Å². The Kier molecular flexibility index (Phi) is 2.89. The third-order valence-electron chi connectivity index (χ3n) is 1.16. The second-order valence-corrected chi connectivity index (χ2v) is 2.21. The number of hydrogen-bond acceptors (Lipinski definition) is 3. The molecule has 3 heteroatoms. The third kappa shape index (κ3) is 3.02. The summed E-state index contributed by atoms with van der Waals surface area (Å²) in [5, 5.41) is 11.1. The number of hydrogen-bond donors (Lipinski definition) is 0. The van der Waals surface area contributed by atoms with Crippen LogP contribution in [0.3, 0.4) is 0 Å². The second-order valence-electron chi connectivity index (χ2n) is 2.21. The highest BCUT2D eigenvalue weighted by Crippen LogP contribution is 2.07. The first-order valence-corrected chi connectivity index (χ1v) is 3.35. The summed E-state index contributed by atoms with van der Waals surface area (Å²) in [5.41, 5.74) is 0. The van der Waals surface area contributed by atoms with E-state index in [-0.39, 0.29) is 6.73 Å². The van der Waals surface area contributed by atoms with Crippen molar-refractivity contribution in [3.05, 3.63) is 35.5 Å². The van der Waals surface area contributed by atoms with Gasteiger partial charge in [0.25, 0.3) is 0 Å². The molecular formula is C8H10NO2-. The molecule has 0 bridgehead atoms. The molecule has 0 fully saturated rings. The van der Waals surface area contributed by atoms with Crippen LogP contribution < -0.4 is 4.74 Å². The maximum absolute atomic E-state index is 10.4. The van der Waals surface area contributed by atoms with Crippen LogP contribution >= 0.6 is 0 Å². The van der Waals surface area contributed by atoms with E-state index >= 15 is 0 Å². The summed E-state index contributed by atoms with van der Waals surface area (Å²) in [7, 11) is 1.42. The monoisotopic (exact) mass is 152 g/mol. The summed E-state index contributed by atoms with van der Waals surface area (Å²) < 4.78 is 5.08. The maximum atomic E-state index is 10.4. The molecule has 0 N–H and O–H groups in total. The van der Waals surface area contributed by atoms with E-state index in [2.05, 4.69) is 0 Å². The summed E-state index contributed by atoms with van der Waals surface area (Å²) in [6.07, 6.45) is 0. The minimum absolute atomic E-state index is 0.0734. The predicted octanol–water partition coefficient (Wildman–Crippen LogP) is 1.45. The Morgan fingerprint density at radius 3 is 2.55 bits per heavy atom. The highest BCUT2D eigenvalue weighted by atomic mass is 16.6. The number of ether oxygens (including phenoxy) is 1. The smallest absolute Gasteiger partial charge is 0.130 e. The molecule has 0 amide bonds. The number of benzene rings is 1. The average molecular weight is 152 g/mol. The van der Waals surface area contributed by atoms with Crippen molar-refractivity contribution in [2.24, 2.45) is 0 Å². The Hall–Kier alpha value is -1.06. The van der Waals surface area contributed by atoms with Gasteiger partial charge in [0.1, 0.15) is 12.5 Å². The molecule has 0 aromatic heterocycles. The molecule has 0 aliphatic heterocycles. The lowest BCUT2D eigenvalue weighted by Crippen LogP contribution is -2.16. The number of hydroxylamine groups is 2. The van der Waals surface area contributed by atoms with Gasteiger partial charge in [-0.05, 0) is 19.2 Å². The number of rotatable bonds is 3. The first-order valence-electron chi connectivity index (χ1n) is 3.35. The fourth-order valence-electron chi connectivity index (χ4n) is 0.682. The second kappa shape index (κ2) is 3.95. The summed E-state index contributed by atoms with van der Waals surface area (Å²) in [6.45, 7) is 0.0734. The summed E-state index contributed by atoms with van der Waals surface area (Å²) in [4.78, 5) is 0. The van der Waals surface area contributed by atoms with Crippen LogP contribution in [-0.4, -0.2) is 18.8 Å². The van der Waals surface area contributed by atoms with Gasteiger partial charge in [0.2, 0.25) is 0 Å². The van der Waals surface area contributed by atoms with Crippen molar-refractivity contribution in [3.63, 3.8) is 0 Å². The maximum Gasteiger partial charge on any atom is 0.130 e. The Balaban J connectivity index is 2.39. The lowest BCUT2D eigenvalue weighted by atomic mass is 10.3. The molecule has 0 unspecified atom stereocenters. The lowest BCUT2D eigenvalue weighted by Gasteiger charge is -2.21. The quantitative estimate of drug-likeness (QED) is 0.485. The molecule has 0 aliphatic rings. The van der Waals surface area contributed by atoms with Crippen molar-refractivity contribution >= 4 is 0 Å². The molecule has 0 heterocycles. The van der Waals surface area contributed by atoms with Crippen molar-refractivity contribution in [3.8, 4) is 5.75 Å². The van der Waals surface area contributed by atoms with Crippen molar-refractivity contribution < 1.29 is 4.74 Å². The third-order valence-corrected chi connectivity index (χ3v) is 1.16. The lowest BCUT2D eigenvalue weighted by molar-refractivity contribution is 0.198. The van der Waals surface area contributed by atoms with E-state index in [9.17, 15) is 5.21 Å². The Morgan fingerprint density at radius 1 is 1.36 bits per heavy atom. The highest BCUT2D eigenvalue weighted by Gasteiger charge is 1.87. The van der Waals surface area contributed by atoms with Gasteiger partial charge in [-0.25, -0.2) is 0 Å². The van der Waals surface area contributed by atoms with Crippen molar-refractivity contribution in [2.75, 3.05) is 13.8 Å². The largest absolute Gasteiger partial charge is 0.783 e. The molecule has 0 radical (unpaired) electrons. The topological polar surface area (TPSA) is 35.5 Å². The summed E-state index contributed by atoms with van der Waals surface area (Å²) >= 11 is 0. The fraction of sp³-hybridized carbons (Fsp3) is 0.250. The van der Waals surface area contributed by atoms with E-state index in [0.717, 1.165) is 10.8 Å². The van der Waals surface area contributed by atoms with Gasteiger partial charge in [0.15, 0.2) is 0 Å². The molecule has 11 heavy (non-hydrogen) atoms. The van der Waals surface area contributed by atoms with Crippen LogP contribution in [0.2, 0.25) is 0 Å². The Labute approximate surface area is 65.8 Å². The first-order chi connectivity index (χ1) is 5.29. The van der Waals surface area contributed by atoms with Crippen LogP contribution in [-0.2, 0) is 0 Å². The van der Waals surface area contributed by atoms with Gasteiger partial charge in [-0.1, -0.05) is 18.2 Å². The first kappa shape index (κ1) is 8.04. The molecule has 0 saturated heterocycles. The van der Waals surface area contributed by atoms with E-state index in [0.29, 0.717) is 0 Å². The predicted molar refractivity (Wildman–Crippen MR) is 43.1 cm³/mol. The molecule has 1 rings (SSSR count). The van der Waals surface area contributed by atoms with Gasteiger partial charge < -0.3 is 15.0 Å². The van der Waals surface area contributed by atoms with E-state index in [1.807, 2.05) is 30.3 Å². The SMILES string of the molecule is CN([O-])COc1ccccc1. The standard InChI is InChI=1S/C8H10NO2/c1-9(10)7-11-8-5-3-2-4-6-8/h2-6H,7H2,1H3/q-1. The number of para-hydroxylation sites is 1. The molecule has 0 saturated carbocycles. The van der Waals surface area contributed by atoms with E-state index in [4.69, 9.17) is 4.74 Å². The molecule has 3 nitrogen and oxygen atoms in total. The average Bonchev–Trinajstić information content (AvgIpc) is 2.03. The molecule has 1 aromatic carbocycles. The molecule has 0 spiro atoms. The van der Waals surface area contributed by atoms with Gasteiger partial charge in [-0.15, -0.1) is 0 Å². The van der Waals surface area contributed by atoms with Crippen LogP contribution in [0.4, 0.5) is 0 Å². The summed E-state index contributed by atoms with van der Waals surface area (Å²) in [6, 6.07) is 9.24.